The summed E-state index contributed by atoms with van der Waals surface area (Å²) in [6, 6.07) is 16.2. The Labute approximate surface area is 127 Å². The lowest BCUT2D eigenvalue weighted by Gasteiger charge is -2.08. The van der Waals surface area contributed by atoms with Gasteiger partial charge in [0.2, 0.25) is 5.91 Å². The highest BCUT2D eigenvalue weighted by Crippen LogP contribution is 2.19. The molecule has 1 amide bonds. The minimum absolute atomic E-state index is 0.0987. The molecule has 0 aromatic heterocycles. The molecule has 0 aliphatic heterocycles. The smallest absolute Gasteiger partial charge is 0.337 e. The molecule has 0 saturated carbocycles. The van der Waals surface area contributed by atoms with Crippen molar-refractivity contribution in [3.8, 4) is 0 Å². The summed E-state index contributed by atoms with van der Waals surface area (Å²) in [7, 11) is 0. The van der Waals surface area contributed by atoms with E-state index in [9.17, 15) is 9.59 Å². The van der Waals surface area contributed by atoms with Crippen LogP contribution in [0, 0.1) is 0 Å². The van der Waals surface area contributed by atoms with E-state index in [-0.39, 0.29) is 11.5 Å². The Morgan fingerprint density at radius 2 is 1.67 bits per heavy atom. The van der Waals surface area contributed by atoms with Crippen molar-refractivity contribution in [3.05, 3.63) is 60.2 Å². The maximum absolute atomic E-state index is 11.9. The van der Waals surface area contributed by atoms with E-state index in [4.69, 9.17) is 5.11 Å². The van der Waals surface area contributed by atoms with Crippen LogP contribution >= 0.6 is 11.8 Å². The van der Waals surface area contributed by atoms with Crippen molar-refractivity contribution in [2.45, 2.75) is 11.3 Å². The summed E-state index contributed by atoms with van der Waals surface area (Å²) in [6.07, 6.45) is 0.327. The maximum Gasteiger partial charge on any atom is 0.337 e. The molecule has 0 saturated heterocycles. The average molecular weight is 301 g/mol. The number of anilines is 1. The fourth-order valence-electron chi connectivity index (χ4n) is 1.77. The summed E-state index contributed by atoms with van der Waals surface area (Å²) in [5.74, 6) is -0.595. The van der Waals surface area contributed by atoms with Crippen LogP contribution < -0.4 is 5.32 Å². The van der Waals surface area contributed by atoms with Crippen molar-refractivity contribution < 1.29 is 14.7 Å². The van der Waals surface area contributed by atoms with Crippen LogP contribution in [0.3, 0.4) is 0 Å². The zero-order valence-corrected chi connectivity index (χ0v) is 12.1. The van der Waals surface area contributed by atoms with E-state index in [1.165, 1.54) is 6.07 Å². The molecule has 0 radical (unpaired) electrons. The molecule has 0 unspecified atom stereocenters. The van der Waals surface area contributed by atoms with Crippen LogP contribution in [0.4, 0.5) is 5.69 Å². The fourth-order valence-corrected chi connectivity index (χ4v) is 2.64. The van der Waals surface area contributed by atoms with Crippen LogP contribution in [0.15, 0.2) is 59.5 Å². The van der Waals surface area contributed by atoms with E-state index in [0.717, 1.165) is 4.90 Å². The second-order valence-corrected chi connectivity index (χ2v) is 5.48. The van der Waals surface area contributed by atoms with Crippen molar-refractivity contribution in [1.29, 1.82) is 0 Å². The number of para-hydroxylation sites is 1. The Morgan fingerprint density at radius 3 is 2.38 bits per heavy atom. The highest BCUT2D eigenvalue weighted by atomic mass is 32.2. The summed E-state index contributed by atoms with van der Waals surface area (Å²) >= 11 is 1.59. The zero-order valence-electron chi connectivity index (χ0n) is 11.3. The van der Waals surface area contributed by atoms with Crippen LogP contribution in [-0.2, 0) is 4.79 Å². The largest absolute Gasteiger partial charge is 0.478 e. The molecule has 0 spiro atoms. The summed E-state index contributed by atoms with van der Waals surface area (Å²) < 4.78 is 0. The van der Waals surface area contributed by atoms with Gasteiger partial charge in [0.05, 0.1) is 11.3 Å². The molecule has 21 heavy (non-hydrogen) atoms. The van der Waals surface area contributed by atoms with Gasteiger partial charge in [-0.2, -0.15) is 0 Å². The second kappa shape index (κ2) is 7.50. The number of hydrogen-bond acceptors (Lipinski definition) is 3. The Balaban J connectivity index is 1.86. The van der Waals surface area contributed by atoms with Gasteiger partial charge < -0.3 is 10.4 Å². The molecule has 2 N–H and O–H groups in total. The van der Waals surface area contributed by atoms with Crippen molar-refractivity contribution in [3.63, 3.8) is 0 Å². The number of nitrogens with one attached hydrogen (secondary N) is 1. The third kappa shape index (κ3) is 4.65. The van der Waals surface area contributed by atoms with Crippen LogP contribution in [0.2, 0.25) is 0 Å². The number of hydrogen-bond donors (Lipinski definition) is 2. The number of carbonyl (C=O) groups is 2. The van der Waals surface area contributed by atoms with Crippen LogP contribution in [0.25, 0.3) is 0 Å². The van der Waals surface area contributed by atoms with Crippen molar-refractivity contribution in [1.82, 2.24) is 0 Å². The third-order valence-electron chi connectivity index (χ3n) is 2.77. The molecule has 4 nitrogen and oxygen atoms in total. The van der Waals surface area contributed by atoms with E-state index in [2.05, 4.69) is 5.32 Å². The van der Waals surface area contributed by atoms with Gasteiger partial charge in [0.25, 0.3) is 0 Å². The second-order valence-electron chi connectivity index (χ2n) is 4.31. The number of thioether (sulfide) groups is 1. The quantitative estimate of drug-likeness (QED) is 0.801. The molecule has 2 rings (SSSR count). The molecule has 5 heteroatoms. The van der Waals surface area contributed by atoms with Crippen molar-refractivity contribution in [2.75, 3.05) is 11.1 Å². The van der Waals surface area contributed by atoms with Gasteiger partial charge in [-0.15, -0.1) is 11.8 Å². The summed E-state index contributed by atoms with van der Waals surface area (Å²) in [6.45, 7) is 0. The lowest BCUT2D eigenvalue weighted by molar-refractivity contribution is -0.115. The molecule has 0 aliphatic carbocycles. The van der Waals surface area contributed by atoms with Crippen LogP contribution in [-0.4, -0.2) is 22.7 Å². The standard InChI is InChI=1S/C16H15NO3S/c18-15(10-11-21-12-6-2-1-3-7-12)17-14-9-5-4-8-13(14)16(19)20/h1-9H,10-11H2,(H,17,18)(H,19,20). The van der Waals surface area contributed by atoms with E-state index in [1.54, 1.807) is 30.0 Å². The Hall–Kier alpha value is -2.27. The van der Waals surface area contributed by atoms with Gasteiger partial charge in [0.1, 0.15) is 0 Å². The number of carboxylic acid groups (broad SMARTS) is 1. The SMILES string of the molecule is O=C(CCSc1ccccc1)Nc1ccccc1C(=O)O. The molecule has 2 aromatic carbocycles. The molecule has 0 bridgehead atoms. The molecule has 0 fully saturated rings. The number of aromatic carboxylic acids is 1. The molecule has 0 atom stereocenters. The third-order valence-corrected chi connectivity index (χ3v) is 3.79. The van der Waals surface area contributed by atoms with Gasteiger partial charge in [-0.3, -0.25) is 4.79 Å². The highest BCUT2D eigenvalue weighted by molar-refractivity contribution is 7.99. The molecule has 0 aliphatic rings. The van der Waals surface area contributed by atoms with E-state index < -0.39 is 5.97 Å². The number of amides is 1. The van der Waals surface area contributed by atoms with Crippen LogP contribution in [0.5, 0.6) is 0 Å². The topological polar surface area (TPSA) is 66.4 Å². The molecular weight excluding hydrogens is 286 g/mol. The molecule has 0 heterocycles. The van der Waals surface area contributed by atoms with E-state index >= 15 is 0 Å². The first-order valence-corrected chi connectivity index (χ1v) is 7.45. The Kier molecular flexibility index (Phi) is 5.40. The Bertz CT molecular complexity index is 628. The molecule has 2 aromatic rings. The van der Waals surface area contributed by atoms with Gasteiger partial charge in [0, 0.05) is 17.1 Å². The summed E-state index contributed by atoms with van der Waals surface area (Å²) in [4.78, 5) is 24.0. The van der Waals surface area contributed by atoms with Crippen molar-refractivity contribution in [2.24, 2.45) is 0 Å². The number of benzene rings is 2. The zero-order chi connectivity index (χ0) is 15.1. The lowest BCUT2D eigenvalue weighted by atomic mass is 10.2. The highest BCUT2D eigenvalue weighted by Gasteiger charge is 2.11. The van der Waals surface area contributed by atoms with Gasteiger partial charge >= 0.3 is 5.97 Å². The van der Waals surface area contributed by atoms with Gasteiger partial charge in [-0.25, -0.2) is 4.79 Å². The molecular formula is C16H15NO3S. The first-order valence-electron chi connectivity index (χ1n) is 6.47. The van der Waals surface area contributed by atoms with Gasteiger partial charge in [-0.05, 0) is 24.3 Å². The number of carbonyl (C=O) groups excluding carboxylic acids is 1. The average Bonchev–Trinajstić information content (AvgIpc) is 2.48. The number of carboxylic acids is 1. The monoisotopic (exact) mass is 301 g/mol. The minimum Gasteiger partial charge on any atom is -0.478 e. The first kappa shape index (κ1) is 15.1. The van der Waals surface area contributed by atoms with Crippen molar-refractivity contribution >= 4 is 29.3 Å². The van der Waals surface area contributed by atoms with E-state index in [1.807, 2.05) is 30.3 Å². The number of rotatable bonds is 6. The van der Waals surface area contributed by atoms with Crippen LogP contribution in [0.1, 0.15) is 16.8 Å². The van der Waals surface area contributed by atoms with E-state index in [0.29, 0.717) is 17.9 Å². The lowest BCUT2D eigenvalue weighted by Crippen LogP contribution is -2.15. The van der Waals surface area contributed by atoms with Gasteiger partial charge in [0.15, 0.2) is 0 Å². The normalized spacial score (nSPS) is 10.1. The Morgan fingerprint density at radius 1 is 1.00 bits per heavy atom. The first-order chi connectivity index (χ1) is 10.2. The summed E-state index contributed by atoms with van der Waals surface area (Å²) in [5, 5.41) is 11.7. The predicted octanol–water partition coefficient (Wildman–Crippen LogP) is 3.51. The maximum atomic E-state index is 11.9. The minimum atomic E-state index is -1.05. The van der Waals surface area contributed by atoms with Gasteiger partial charge in [-0.1, -0.05) is 30.3 Å². The molecule has 108 valence electrons. The fraction of sp³-hybridized carbons (Fsp3) is 0.125. The summed E-state index contributed by atoms with van der Waals surface area (Å²) in [5.41, 5.74) is 0.432. The predicted molar refractivity (Wildman–Crippen MR) is 83.8 cm³/mol.